The zero-order valence-electron chi connectivity index (χ0n) is 19.0. The van der Waals surface area contributed by atoms with Crippen LogP contribution in [0.25, 0.3) is 11.2 Å². The van der Waals surface area contributed by atoms with Crippen LogP contribution < -0.4 is 5.73 Å². The van der Waals surface area contributed by atoms with Crippen molar-refractivity contribution < 1.29 is 56.5 Å². The van der Waals surface area contributed by atoms with Crippen LogP contribution in [0.1, 0.15) is 38.3 Å². The van der Waals surface area contributed by atoms with E-state index in [0.717, 1.165) is 25.6 Å². The van der Waals surface area contributed by atoms with Gasteiger partial charge in [0.2, 0.25) is 0 Å². The molecule has 0 spiro atoms. The third-order valence-electron chi connectivity index (χ3n) is 5.65. The average molecular weight is 605 g/mol. The summed E-state index contributed by atoms with van der Waals surface area (Å²) in [5.41, 5.74) is 6.12. The van der Waals surface area contributed by atoms with E-state index in [1.54, 1.807) is 0 Å². The highest BCUT2D eigenvalue weighted by Crippen LogP contribution is 2.72. The number of aromatic nitrogens is 4. The largest absolute Gasteiger partial charge is 0.488 e. The van der Waals surface area contributed by atoms with Crippen LogP contribution in [-0.4, -0.2) is 74.6 Å². The SMILES string of the molecule is Nc1ncnc2c1ncn2[C@@H]1O[C@H](COP(=O)(O)OP(=O)(O)OP(=O)(O)SC2CCCCC2)C(O)[C@@H]1O. The Morgan fingerprint density at radius 3 is 2.43 bits per heavy atom. The predicted molar refractivity (Wildman–Crippen MR) is 128 cm³/mol. The quantitative estimate of drug-likeness (QED) is 0.209. The normalized spacial score (nSPS) is 30.1. The Morgan fingerprint density at radius 1 is 1.03 bits per heavy atom. The van der Waals surface area contributed by atoms with E-state index in [2.05, 4.69) is 28.1 Å². The van der Waals surface area contributed by atoms with Crippen molar-refractivity contribution in [2.45, 2.75) is 61.9 Å². The van der Waals surface area contributed by atoms with Gasteiger partial charge in [0.15, 0.2) is 17.7 Å². The number of nitrogens with zero attached hydrogens (tertiary/aromatic N) is 4. The summed E-state index contributed by atoms with van der Waals surface area (Å²) < 4.78 is 56.5. The first-order chi connectivity index (χ1) is 17.3. The Bertz CT molecular complexity index is 1260. The molecule has 1 aliphatic carbocycles. The Morgan fingerprint density at radius 2 is 1.73 bits per heavy atom. The molecule has 7 atom stereocenters. The summed E-state index contributed by atoms with van der Waals surface area (Å²) in [4.78, 5) is 41.4. The van der Waals surface area contributed by atoms with Crippen molar-refractivity contribution in [1.82, 2.24) is 19.5 Å². The van der Waals surface area contributed by atoms with Gasteiger partial charge in [0, 0.05) is 5.25 Å². The molecule has 0 bridgehead atoms. The number of ether oxygens (including phenoxy) is 1. The Labute approximate surface area is 213 Å². The van der Waals surface area contributed by atoms with Crippen LogP contribution >= 0.6 is 33.8 Å². The fourth-order valence-electron chi connectivity index (χ4n) is 4.00. The van der Waals surface area contributed by atoms with Gasteiger partial charge in [-0.25, -0.2) is 28.6 Å². The first kappa shape index (κ1) is 29.0. The van der Waals surface area contributed by atoms with Crippen molar-refractivity contribution in [2.24, 2.45) is 0 Å². The fourth-order valence-corrected chi connectivity index (χ4v) is 10.9. The minimum absolute atomic E-state index is 0.0651. The first-order valence-corrected chi connectivity index (χ1v) is 17.0. The molecule has 208 valence electrons. The van der Waals surface area contributed by atoms with Crippen LogP contribution in [-0.2, 0) is 31.6 Å². The summed E-state index contributed by atoms with van der Waals surface area (Å²) in [5.74, 6) is 0.0651. The van der Waals surface area contributed by atoms with Crippen LogP contribution in [0.2, 0.25) is 0 Å². The van der Waals surface area contributed by atoms with Gasteiger partial charge in [-0.3, -0.25) is 9.09 Å². The topological polar surface area (TPSA) is 259 Å². The van der Waals surface area contributed by atoms with Crippen LogP contribution in [0.4, 0.5) is 5.82 Å². The molecule has 21 heteroatoms. The Hall–Kier alpha value is -0.970. The Balaban J connectivity index is 1.35. The summed E-state index contributed by atoms with van der Waals surface area (Å²) in [6, 6.07) is 0. The average Bonchev–Trinajstić information content (AvgIpc) is 3.33. The van der Waals surface area contributed by atoms with Gasteiger partial charge in [0.25, 0.3) is 0 Å². The second-order valence-electron chi connectivity index (χ2n) is 8.36. The molecule has 1 saturated heterocycles. The van der Waals surface area contributed by atoms with E-state index in [1.807, 2.05) is 0 Å². The number of hydrogen-bond donors (Lipinski definition) is 6. The monoisotopic (exact) mass is 605 g/mol. The van der Waals surface area contributed by atoms with Crippen molar-refractivity contribution in [1.29, 1.82) is 0 Å². The summed E-state index contributed by atoms with van der Waals surface area (Å²) >= 11 is 0.470. The zero-order valence-corrected chi connectivity index (χ0v) is 22.5. The van der Waals surface area contributed by atoms with Crippen LogP contribution in [0.5, 0.6) is 0 Å². The number of hydrogen-bond acceptors (Lipinski definition) is 14. The number of anilines is 1. The molecule has 0 radical (unpaired) electrons. The summed E-state index contributed by atoms with van der Waals surface area (Å²) in [7, 11) is -10.9. The number of rotatable bonds is 10. The van der Waals surface area contributed by atoms with Gasteiger partial charge in [-0.15, -0.1) is 0 Å². The number of aliphatic hydroxyl groups excluding tert-OH is 2. The van der Waals surface area contributed by atoms with Gasteiger partial charge < -0.3 is 35.4 Å². The molecule has 1 aliphatic heterocycles. The van der Waals surface area contributed by atoms with E-state index in [4.69, 9.17) is 10.5 Å². The third kappa shape index (κ3) is 7.17. The van der Waals surface area contributed by atoms with Crippen molar-refractivity contribution in [3.8, 4) is 0 Å². The van der Waals surface area contributed by atoms with Gasteiger partial charge in [0.05, 0.1) is 12.9 Å². The van der Waals surface area contributed by atoms with Crippen molar-refractivity contribution in [2.75, 3.05) is 12.3 Å². The maximum Gasteiger partial charge on any atom is 0.488 e. The molecule has 2 aliphatic rings. The van der Waals surface area contributed by atoms with E-state index in [-0.39, 0.29) is 22.2 Å². The molecule has 3 heterocycles. The molecule has 1 saturated carbocycles. The molecule has 4 rings (SSSR count). The van der Waals surface area contributed by atoms with Crippen LogP contribution in [0.15, 0.2) is 12.7 Å². The molecule has 17 nitrogen and oxygen atoms in total. The van der Waals surface area contributed by atoms with Crippen molar-refractivity contribution in [3.63, 3.8) is 0 Å². The van der Waals surface area contributed by atoms with Gasteiger partial charge in [-0.05, 0) is 24.2 Å². The van der Waals surface area contributed by atoms with Gasteiger partial charge in [-0.2, -0.15) is 8.62 Å². The number of aliphatic hydroxyl groups is 2. The zero-order chi connectivity index (χ0) is 27.0. The third-order valence-corrected chi connectivity index (χ3v) is 12.8. The maximum atomic E-state index is 12.3. The second-order valence-corrected chi connectivity index (χ2v) is 15.6. The number of fused-ring (bicyclic) bond motifs is 1. The minimum atomic E-state index is -5.54. The van der Waals surface area contributed by atoms with E-state index in [1.165, 1.54) is 10.9 Å². The van der Waals surface area contributed by atoms with E-state index >= 15 is 0 Å². The fraction of sp³-hybridized carbons (Fsp3) is 0.688. The molecule has 2 fully saturated rings. The molecule has 37 heavy (non-hydrogen) atoms. The minimum Gasteiger partial charge on any atom is -0.387 e. The number of nitrogen functional groups attached to an aromatic ring is 1. The second kappa shape index (κ2) is 11.3. The predicted octanol–water partition coefficient (Wildman–Crippen LogP) is 1.44. The van der Waals surface area contributed by atoms with Gasteiger partial charge in [-0.1, -0.05) is 19.3 Å². The van der Waals surface area contributed by atoms with E-state index in [0.29, 0.717) is 24.2 Å². The maximum absolute atomic E-state index is 12.3. The molecule has 7 N–H and O–H groups in total. The highest BCUT2D eigenvalue weighted by atomic mass is 32.7. The molecule has 2 aromatic rings. The highest BCUT2D eigenvalue weighted by Gasteiger charge is 2.47. The first-order valence-electron chi connectivity index (χ1n) is 11.0. The lowest BCUT2D eigenvalue weighted by atomic mass is 10.0. The molecular formula is C16H26N5O12P3S. The van der Waals surface area contributed by atoms with Crippen molar-refractivity contribution in [3.05, 3.63) is 12.7 Å². The lowest BCUT2D eigenvalue weighted by Crippen LogP contribution is -2.33. The lowest BCUT2D eigenvalue weighted by molar-refractivity contribution is -0.0503. The summed E-state index contributed by atoms with van der Waals surface area (Å²) in [6.07, 6.45) is 0.372. The smallest absolute Gasteiger partial charge is 0.387 e. The highest BCUT2D eigenvalue weighted by molar-refractivity contribution is 8.55. The molecule has 0 amide bonds. The summed E-state index contributed by atoms with van der Waals surface area (Å²) in [5, 5.41) is 20.5. The van der Waals surface area contributed by atoms with Crippen LogP contribution in [0, 0.1) is 0 Å². The van der Waals surface area contributed by atoms with E-state index < -0.39 is 53.6 Å². The summed E-state index contributed by atoms with van der Waals surface area (Å²) in [6.45, 7) is -5.61. The van der Waals surface area contributed by atoms with E-state index in [9.17, 15) is 38.6 Å². The van der Waals surface area contributed by atoms with Crippen molar-refractivity contribution >= 4 is 50.8 Å². The molecule has 2 aromatic heterocycles. The number of nitrogens with two attached hydrogens (primary N) is 1. The number of phosphoric acid groups is 2. The van der Waals surface area contributed by atoms with Crippen LogP contribution in [0.3, 0.4) is 0 Å². The number of phosphoric ester groups is 1. The van der Waals surface area contributed by atoms with Gasteiger partial charge >= 0.3 is 22.4 Å². The Kier molecular flexibility index (Phi) is 8.83. The standard InChI is InChI=1S/C16H26N5O12P3S/c17-14-11-15(19-7-18-14)21(8-20-11)16-13(23)12(22)10(31-16)6-30-34(24,25)32-35(26,27)33-36(28,29)37-9-4-2-1-3-5-9/h7-10,12-13,16,22-23H,1-6H2,(H,24,25)(H,26,27)(H,28,29)(H2,17,18,19)/t10-,12?,13+,16-/m1/s1. The van der Waals surface area contributed by atoms with Gasteiger partial charge in [0.1, 0.15) is 30.2 Å². The molecular weight excluding hydrogens is 579 g/mol. The number of imidazole rings is 1. The molecule has 0 aromatic carbocycles. The molecule has 4 unspecified atom stereocenters. The lowest BCUT2D eigenvalue weighted by Gasteiger charge is -2.24.